The molecule has 0 atom stereocenters. The molecule has 1 fully saturated rings. The normalized spacial score (nSPS) is 15.6. The van der Waals surface area contributed by atoms with Crippen LogP contribution in [0, 0.1) is 0 Å². The summed E-state index contributed by atoms with van der Waals surface area (Å²) in [6.45, 7) is 8.02. The average Bonchev–Trinajstić information content (AvgIpc) is 3.15. The number of pyridine rings is 1. The summed E-state index contributed by atoms with van der Waals surface area (Å²) in [7, 11) is 0. The molecule has 5 heteroatoms. The maximum atomic E-state index is 13.1. The first-order valence-corrected chi connectivity index (χ1v) is 9.18. The van der Waals surface area contributed by atoms with Gasteiger partial charge in [-0.15, -0.1) is 0 Å². The molecule has 1 saturated heterocycles. The van der Waals surface area contributed by atoms with Crippen LogP contribution in [-0.2, 0) is 0 Å². The number of allylic oxidation sites excluding steroid dienone is 3. The van der Waals surface area contributed by atoms with E-state index in [-0.39, 0.29) is 5.91 Å². The van der Waals surface area contributed by atoms with Crippen LogP contribution in [0.25, 0.3) is 11.0 Å². The van der Waals surface area contributed by atoms with Crippen molar-refractivity contribution in [3.05, 3.63) is 60.5 Å². The fourth-order valence-corrected chi connectivity index (χ4v) is 3.36. The van der Waals surface area contributed by atoms with Gasteiger partial charge in [0.25, 0.3) is 5.91 Å². The Morgan fingerprint density at radius 3 is 2.92 bits per heavy atom. The zero-order chi connectivity index (χ0) is 18.4. The lowest BCUT2D eigenvalue weighted by Gasteiger charge is -2.27. The molecule has 0 aliphatic carbocycles. The van der Waals surface area contributed by atoms with Crippen molar-refractivity contribution in [1.82, 2.24) is 14.9 Å². The number of piperidine rings is 1. The number of fused-ring (bicyclic) bond motifs is 1. The number of nitrogens with zero attached hydrogens (tertiary/aromatic N) is 2. The molecular weight excluding hydrogens is 324 g/mol. The van der Waals surface area contributed by atoms with Crippen LogP contribution in [0.3, 0.4) is 0 Å². The number of hydrogen-bond acceptors (Lipinski definition) is 3. The van der Waals surface area contributed by atoms with E-state index in [2.05, 4.69) is 21.9 Å². The van der Waals surface area contributed by atoms with Crippen LogP contribution in [0.2, 0.25) is 0 Å². The van der Waals surface area contributed by atoms with Crippen molar-refractivity contribution in [3.63, 3.8) is 0 Å². The third-order valence-corrected chi connectivity index (χ3v) is 4.64. The number of aromatic nitrogens is 2. The minimum absolute atomic E-state index is 0.0584. The van der Waals surface area contributed by atoms with E-state index >= 15 is 0 Å². The highest BCUT2D eigenvalue weighted by Crippen LogP contribution is 2.27. The van der Waals surface area contributed by atoms with Gasteiger partial charge in [0.05, 0.1) is 11.3 Å². The van der Waals surface area contributed by atoms with Gasteiger partial charge >= 0.3 is 0 Å². The van der Waals surface area contributed by atoms with E-state index in [1.807, 2.05) is 42.3 Å². The SMILES string of the molecule is C=C/C=C(\C=C/C)CNc1c(C(=O)N2CCCCC2)cnc2[nH]ccc12. The molecule has 2 aromatic heterocycles. The van der Waals surface area contributed by atoms with Crippen molar-refractivity contribution in [1.29, 1.82) is 0 Å². The zero-order valence-corrected chi connectivity index (χ0v) is 15.3. The predicted octanol–water partition coefficient (Wildman–Crippen LogP) is 4.29. The average molecular weight is 350 g/mol. The van der Waals surface area contributed by atoms with Crippen LogP contribution in [0.15, 0.2) is 54.9 Å². The van der Waals surface area contributed by atoms with E-state index in [1.165, 1.54) is 6.42 Å². The molecule has 0 radical (unpaired) electrons. The smallest absolute Gasteiger partial charge is 0.257 e. The summed E-state index contributed by atoms with van der Waals surface area (Å²) in [6, 6.07) is 1.96. The Labute approximate surface area is 154 Å². The number of aromatic amines is 1. The molecule has 1 aliphatic heterocycles. The molecule has 3 heterocycles. The highest BCUT2D eigenvalue weighted by Gasteiger charge is 2.22. The Kier molecular flexibility index (Phi) is 5.89. The Morgan fingerprint density at radius 1 is 1.38 bits per heavy atom. The number of carbonyl (C=O) groups is 1. The molecule has 1 amide bonds. The van der Waals surface area contributed by atoms with Gasteiger partial charge in [0.2, 0.25) is 0 Å². The van der Waals surface area contributed by atoms with Crippen molar-refractivity contribution in [3.8, 4) is 0 Å². The first-order valence-electron chi connectivity index (χ1n) is 9.18. The molecule has 2 N–H and O–H groups in total. The van der Waals surface area contributed by atoms with E-state index in [0.717, 1.165) is 48.2 Å². The number of amides is 1. The molecule has 1 aliphatic rings. The molecule has 3 rings (SSSR count). The summed E-state index contributed by atoms with van der Waals surface area (Å²) >= 11 is 0. The van der Waals surface area contributed by atoms with Crippen molar-refractivity contribution in [2.45, 2.75) is 26.2 Å². The van der Waals surface area contributed by atoms with E-state index in [9.17, 15) is 4.79 Å². The van der Waals surface area contributed by atoms with Gasteiger partial charge in [-0.3, -0.25) is 4.79 Å². The van der Waals surface area contributed by atoms with Crippen molar-refractivity contribution in [2.24, 2.45) is 0 Å². The lowest BCUT2D eigenvalue weighted by molar-refractivity contribution is 0.0725. The molecular formula is C21H26N4O. The van der Waals surface area contributed by atoms with Crippen molar-refractivity contribution in [2.75, 3.05) is 25.0 Å². The number of rotatable bonds is 6. The summed E-state index contributed by atoms with van der Waals surface area (Å²) in [6.07, 6.45) is 14.7. The maximum Gasteiger partial charge on any atom is 0.257 e. The largest absolute Gasteiger partial charge is 0.380 e. The van der Waals surface area contributed by atoms with Gasteiger partial charge in [0.1, 0.15) is 5.65 Å². The fourth-order valence-electron chi connectivity index (χ4n) is 3.36. The number of likely N-dealkylation sites (tertiary alicyclic amines) is 1. The molecule has 0 spiro atoms. The topological polar surface area (TPSA) is 61.0 Å². The first kappa shape index (κ1) is 18.0. The van der Waals surface area contributed by atoms with Crippen molar-refractivity contribution >= 4 is 22.6 Å². The van der Waals surface area contributed by atoms with Crippen molar-refractivity contribution < 1.29 is 4.79 Å². The zero-order valence-electron chi connectivity index (χ0n) is 15.3. The second-order valence-electron chi connectivity index (χ2n) is 6.47. The van der Waals surface area contributed by atoms with Crippen LogP contribution >= 0.6 is 0 Å². The quantitative estimate of drug-likeness (QED) is 0.764. The van der Waals surface area contributed by atoms with Gasteiger partial charge in [0, 0.05) is 37.4 Å². The Balaban J connectivity index is 1.93. The van der Waals surface area contributed by atoms with Gasteiger partial charge in [-0.2, -0.15) is 0 Å². The molecule has 26 heavy (non-hydrogen) atoms. The Hall–Kier alpha value is -2.82. The van der Waals surface area contributed by atoms with E-state index in [1.54, 1.807) is 12.3 Å². The van der Waals surface area contributed by atoms with E-state index in [0.29, 0.717) is 12.1 Å². The minimum atomic E-state index is 0.0584. The van der Waals surface area contributed by atoms with Gasteiger partial charge in [-0.1, -0.05) is 30.9 Å². The van der Waals surface area contributed by atoms with Gasteiger partial charge < -0.3 is 15.2 Å². The molecule has 0 bridgehead atoms. The second kappa shape index (κ2) is 8.52. The van der Waals surface area contributed by atoms with Crippen LogP contribution in [0.4, 0.5) is 5.69 Å². The standard InChI is InChI=1S/C21H26N4O/c1-3-8-16(9-4-2)14-23-19-17-10-11-22-20(17)24-15-18(19)21(26)25-12-6-5-7-13-25/h3-4,8-11,15H,1,5-7,12-14H2,2H3,(H2,22,23,24)/b9-4-,16-8+. The lowest BCUT2D eigenvalue weighted by atomic mass is 10.1. The minimum Gasteiger partial charge on any atom is -0.380 e. The third-order valence-electron chi connectivity index (χ3n) is 4.64. The summed E-state index contributed by atoms with van der Waals surface area (Å²) in [5, 5.41) is 4.39. The van der Waals surface area contributed by atoms with Gasteiger partial charge in [-0.25, -0.2) is 4.98 Å². The molecule has 0 saturated carbocycles. The number of anilines is 1. The summed E-state index contributed by atoms with van der Waals surface area (Å²) in [5.74, 6) is 0.0584. The van der Waals surface area contributed by atoms with Gasteiger partial charge in [-0.05, 0) is 37.8 Å². The monoisotopic (exact) mass is 350 g/mol. The highest BCUT2D eigenvalue weighted by atomic mass is 16.2. The molecule has 2 aromatic rings. The number of carbonyl (C=O) groups excluding carboxylic acids is 1. The maximum absolute atomic E-state index is 13.1. The summed E-state index contributed by atoms with van der Waals surface area (Å²) in [5.41, 5.74) is 3.35. The molecule has 0 aromatic carbocycles. The lowest BCUT2D eigenvalue weighted by Crippen LogP contribution is -2.36. The summed E-state index contributed by atoms with van der Waals surface area (Å²) in [4.78, 5) is 22.6. The number of hydrogen-bond donors (Lipinski definition) is 2. The fraction of sp³-hybridized carbons (Fsp3) is 0.333. The molecule has 0 unspecified atom stereocenters. The van der Waals surface area contributed by atoms with E-state index in [4.69, 9.17) is 0 Å². The predicted molar refractivity (Wildman–Crippen MR) is 107 cm³/mol. The van der Waals surface area contributed by atoms with Crippen LogP contribution < -0.4 is 5.32 Å². The van der Waals surface area contributed by atoms with Crippen LogP contribution in [0.1, 0.15) is 36.5 Å². The van der Waals surface area contributed by atoms with Crippen LogP contribution in [-0.4, -0.2) is 40.4 Å². The third kappa shape index (κ3) is 3.87. The first-order chi connectivity index (χ1) is 12.7. The Morgan fingerprint density at radius 2 is 2.19 bits per heavy atom. The Bertz CT molecular complexity index is 841. The molecule has 136 valence electrons. The molecule has 5 nitrogen and oxygen atoms in total. The summed E-state index contributed by atoms with van der Waals surface area (Å²) < 4.78 is 0. The van der Waals surface area contributed by atoms with Gasteiger partial charge in [0.15, 0.2) is 0 Å². The highest BCUT2D eigenvalue weighted by molar-refractivity contribution is 6.06. The second-order valence-corrected chi connectivity index (χ2v) is 6.47. The number of nitrogens with one attached hydrogen (secondary N) is 2. The van der Waals surface area contributed by atoms with E-state index < -0.39 is 0 Å². The number of H-pyrrole nitrogens is 1. The van der Waals surface area contributed by atoms with Crippen LogP contribution in [0.5, 0.6) is 0 Å².